The first-order valence-corrected chi connectivity index (χ1v) is 7.86. The van der Waals surface area contributed by atoms with Gasteiger partial charge in [-0.25, -0.2) is 0 Å². The number of aliphatic hydroxyl groups excluding tert-OH is 1. The summed E-state index contributed by atoms with van der Waals surface area (Å²) in [7, 11) is 0. The van der Waals surface area contributed by atoms with E-state index in [0.717, 1.165) is 19.5 Å². The topological polar surface area (TPSA) is 35.5 Å². The van der Waals surface area contributed by atoms with Crippen LogP contribution in [-0.2, 0) is 6.42 Å². The molecule has 112 valence electrons. The summed E-state index contributed by atoms with van der Waals surface area (Å²) in [5.41, 5.74) is 1.29. The summed E-state index contributed by atoms with van der Waals surface area (Å²) < 4.78 is 0. The predicted octanol–water partition coefficient (Wildman–Crippen LogP) is 1.91. The molecule has 0 aliphatic carbocycles. The molecule has 0 amide bonds. The normalized spacial score (nSPS) is 25.6. The number of benzene rings is 1. The van der Waals surface area contributed by atoms with Crippen molar-refractivity contribution in [2.24, 2.45) is 5.92 Å². The molecule has 0 saturated carbocycles. The zero-order chi connectivity index (χ0) is 14.4. The molecule has 1 aromatic carbocycles. The van der Waals surface area contributed by atoms with Gasteiger partial charge in [0.05, 0.1) is 6.61 Å². The Morgan fingerprint density at radius 2 is 2.10 bits per heavy atom. The van der Waals surface area contributed by atoms with E-state index in [-0.39, 0.29) is 12.6 Å². The average molecular weight is 276 g/mol. The van der Waals surface area contributed by atoms with E-state index in [4.69, 9.17) is 0 Å². The van der Waals surface area contributed by atoms with Crippen molar-refractivity contribution in [3.8, 4) is 0 Å². The fourth-order valence-corrected chi connectivity index (χ4v) is 3.14. The number of nitrogens with zero attached hydrogens (tertiary/aromatic N) is 1. The second-order valence-corrected chi connectivity index (χ2v) is 6.00. The van der Waals surface area contributed by atoms with E-state index in [1.165, 1.54) is 18.5 Å². The zero-order valence-corrected chi connectivity index (χ0v) is 12.8. The van der Waals surface area contributed by atoms with Crippen molar-refractivity contribution in [3.05, 3.63) is 35.9 Å². The van der Waals surface area contributed by atoms with Crippen molar-refractivity contribution in [2.75, 3.05) is 26.2 Å². The van der Waals surface area contributed by atoms with E-state index in [2.05, 4.69) is 48.3 Å². The Kier molecular flexibility index (Phi) is 6.02. The summed E-state index contributed by atoms with van der Waals surface area (Å²) in [6.45, 7) is 8.22. The molecular formula is C17H28N2O. The summed E-state index contributed by atoms with van der Waals surface area (Å²) in [6.07, 6.45) is 2.08. The molecule has 1 aromatic rings. The second kappa shape index (κ2) is 7.77. The number of rotatable bonds is 6. The quantitative estimate of drug-likeness (QED) is 0.833. The Balaban J connectivity index is 1.87. The summed E-state index contributed by atoms with van der Waals surface area (Å²) in [4.78, 5) is 2.51. The van der Waals surface area contributed by atoms with E-state index in [0.29, 0.717) is 12.0 Å². The largest absolute Gasteiger partial charge is 0.395 e. The lowest BCUT2D eigenvalue weighted by Gasteiger charge is -2.38. The van der Waals surface area contributed by atoms with Crippen molar-refractivity contribution in [1.29, 1.82) is 0 Å². The van der Waals surface area contributed by atoms with Gasteiger partial charge in [-0.05, 0) is 37.4 Å². The van der Waals surface area contributed by atoms with Gasteiger partial charge < -0.3 is 15.3 Å². The maximum atomic E-state index is 9.63. The number of aliphatic hydroxyl groups is 1. The molecule has 20 heavy (non-hydrogen) atoms. The first kappa shape index (κ1) is 15.5. The van der Waals surface area contributed by atoms with Gasteiger partial charge in [0.1, 0.15) is 0 Å². The molecule has 1 fully saturated rings. The molecule has 2 N–H and O–H groups in total. The van der Waals surface area contributed by atoms with Crippen LogP contribution in [-0.4, -0.2) is 48.3 Å². The number of hydrogen-bond donors (Lipinski definition) is 2. The molecule has 2 rings (SSSR count). The lowest BCUT2D eigenvalue weighted by Crippen LogP contribution is -2.52. The Labute approximate surface area is 123 Å². The SMILES string of the molecule is CCN1CC[C@H](N[C@@H](CO)Cc2ccccc2)[C@H](C)C1. The molecule has 1 aliphatic rings. The van der Waals surface area contributed by atoms with Crippen molar-refractivity contribution in [3.63, 3.8) is 0 Å². The maximum absolute atomic E-state index is 9.63. The highest BCUT2D eigenvalue weighted by Gasteiger charge is 2.26. The van der Waals surface area contributed by atoms with E-state index in [9.17, 15) is 5.11 Å². The molecular weight excluding hydrogens is 248 g/mol. The third-order valence-electron chi connectivity index (χ3n) is 4.43. The summed E-state index contributed by atoms with van der Waals surface area (Å²) >= 11 is 0. The monoisotopic (exact) mass is 276 g/mol. The number of likely N-dealkylation sites (tertiary alicyclic amines) is 1. The fraction of sp³-hybridized carbons (Fsp3) is 0.647. The second-order valence-electron chi connectivity index (χ2n) is 6.00. The van der Waals surface area contributed by atoms with Crippen molar-refractivity contribution < 1.29 is 5.11 Å². The predicted molar refractivity (Wildman–Crippen MR) is 83.8 cm³/mol. The minimum absolute atomic E-state index is 0.165. The molecule has 0 spiro atoms. The van der Waals surface area contributed by atoms with Crippen LogP contribution in [0, 0.1) is 5.92 Å². The van der Waals surface area contributed by atoms with Crippen molar-refractivity contribution >= 4 is 0 Å². The standard InChI is InChI=1S/C17H28N2O/c1-3-19-10-9-17(14(2)12-19)18-16(13-20)11-15-7-5-4-6-8-15/h4-8,14,16-18,20H,3,9-13H2,1-2H3/t14-,16-,17+/m1/s1. The van der Waals surface area contributed by atoms with Gasteiger partial charge in [0, 0.05) is 18.6 Å². The third-order valence-corrected chi connectivity index (χ3v) is 4.43. The fourth-order valence-electron chi connectivity index (χ4n) is 3.14. The zero-order valence-electron chi connectivity index (χ0n) is 12.8. The van der Waals surface area contributed by atoms with Crippen LogP contribution in [0.4, 0.5) is 0 Å². The summed E-state index contributed by atoms with van der Waals surface area (Å²) in [6, 6.07) is 11.1. The minimum Gasteiger partial charge on any atom is -0.395 e. The van der Waals surface area contributed by atoms with Crippen LogP contribution in [0.1, 0.15) is 25.8 Å². The van der Waals surface area contributed by atoms with Crippen LogP contribution in [0.3, 0.4) is 0 Å². The van der Waals surface area contributed by atoms with Crippen molar-refractivity contribution in [2.45, 2.75) is 38.8 Å². The van der Waals surface area contributed by atoms with Crippen molar-refractivity contribution in [1.82, 2.24) is 10.2 Å². The maximum Gasteiger partial charge on any atom is 0.0587 e. The average Bonchev–Trinajstić information content (AvgIpc) is 2.49. The van der Waals surface area contributed by atoms with Crippen LogP contribution >= 0.6 is 0 Å². The highest BCUT2D eigenvalue weighted by molar-refractivity contribution is 5.16. The highest BCUT2D eigenvalue weighted by Crippen LogP contribution is 2.17. The van der Waals surface area contributed by atoms with E-state index in [1.807, 2.05) is 6.07 Å². The number of piperidine rings is 1. The first-order valence-electron chi connectivity index (χ1n) is 7.86. The van der Waals surface area contributed by atoms with Crippen LogP contribution in [0.5, 0.6) is 0 Å². The summed E-state index contributed by atoms with van der Waals surface area (Å²) in [5, 5.41) is 13.3. The molecule has 0 radical (unpaired) electrons. The minimum atomic E-state index is 0.165. The molecule has 0 unspecified atom stereocenters. The van der Waals surface area contributed by atoms with Gasteiger partial charge in [0.25, 0.3) is 0 Å². The number of nitrogens with one attached hydrogen (secondary N) is 1. The van der Waals surface area contributed by atoms with Gasteiger partial charge in [0.15, 0.2) is 0 Å². The Hall–Kier alpha value is -0.900. The van der Waals surface area contributed by atoms with E-state index < -0.39 is 0 Å². The van der Waals surface area contributed by atoms with Gasteiger partial charge in [-0.3, -0.25) is 0 Å². The van der Waals surface area contributed by atoms with E-state index in [1.54, 1.807) is 0 Å². The molecule has 0 aromatic heterocycles. The van der Waals surface area contributed by atoms with Crippen LogP contribution in [0.25, 0.3) is 0 Å². The Morgan fingerprint density at radius 1 is 1.35 bits per heavy atom. The molecule has 3 nitrogen and oxygen atoms in total. The Bertz CT molecular complexity index is 382. The molecule has 1 aliphatic heterocycles. The summed E-state index contributed by atoms with van der Waals surface area (Å²) in [5.74, 6) is 0.647. The third kappa shape index (κ3) is 4.30. The van der Waals surface area contributed by atoms with Gasteiger partial charge in [0.2, 0.25) is 0 Å². The Morgan fingerprint density at radius 3 is 2.70 bits per heavy atom. The van der Waals surface area contributed by atoms with Crippen LogP contribution < -0.4 is 5.32 Å². The lowest BCUT2D eigenvalue weighted by molar-refractivity contribution is 0.133. The van der Waals surface area contributed by atoms with Gasteiger partial charge in [-0.1, -0.05) is 44.2 Å². The van der Waals surface area contributed by atoms with E-state index >= 15 is 0 Å². The van der Waals surface area contributed by atoms with Crippen LogP contribution in [0.15, 0.2) is 30.3 Å². The molecule has 1 saturated heterocycles. The van der Waals surface area contributed by atoms with Gasteiger partial charge >= 0.3 is 0 Å². The van der Waals surface area contributed by atoms with Crippen LogP contribution in [0.2, 0.25) is 0 Å². The molecule has 0 bridgehead atoms. The smallest absolute Gasteiger partial charge is 0.0587 e. The molecule has 3 heteroatoms. The highest BCUT2D eigenvalue weighted by atomic mass is 16.3. The molecule has 3 atom stereocenters. The van der Waals surface area contributed by atoms with Gasteiger partial charge in [-0.15, -0.1) is 0 Å². The van der Waals surface area contributed by atoms with Gasteiger partial charge in [-0.2, -0.15) is 0 Å². The molecule has 1 heterocycles. The number of hydrogen-bond acceptors (Lipinski definition) is 3. The lowest BCUT2D eigenvalue weighted by atomic mass is 9.92. The first-order chi connectivity index (χ1) is 9.72.